The van der Waals surface area contributed by atoms with Gasteiger partial charge >= 0.3 is 0 Å². The summed E-state index contributed by atoms with van der Waals surface area (Å²) in [4.78, 5) is 28.7. The molecule has 3 rings (SSSR count). The number of nitrogens with zero attached hydrogens (tertiary/aromatic N) is 2. The van der Waals surface area contributed by atoms with Gasteiger partial charge < -0.3 is 19.9 Å². The van der Waals surface area contributed by atoms with Crippen LogP contribution in [0, 0.1) is 5.92 Å². The van der Waals surface area contributed by atoms with Gasteiger partial charge in [0.2, 0.25) is 11.8 Å². The van der Waals surface area contributed by atoms with Crippen molar-refractivity contribution >= 4 is 17.5 Å². The number of carbonyl (C=O) groups excluding carboxylic acids is 2. The number of rotatable bonds is 3. The smallest absolute Gasteiger partial charge is 0.228 e. The lowest BCUT2D eigenvalue weighted by Gasteiger charge is -2.24. The van der Waals surface area contributed by atoms with Gasteiger partial charge in [0, 0.05) is 32.6 Å². The first-order chi connectivity index (χ1) is 11.2. The maximum Gasteiger partial charge on any atom is 0.228 e. The van der Waals surface area contributed by atoms with Crippen LogP contribution in [0.1, 0.15) is 12.8 Å². The van der Waals surface area contributed by atoms with E-state index in [0.29, 0.717) is 12.3 Å². The highest BCUT2D eigenvalue weighted by Crippen LogP contribution is 2.33. The minimum Gasteiger partial charge on any atom is -0.495 e. The molecule has 1 N–H and O–H groups in total. The fraction of sp³-hybridized carbons (Fsp3) is 0.529. The van der Waals surface area contributed by atoms with Crippen molar-refractivity contribution in [3.63, 3.8) is 0 Å². The molecular formula is C17H23N3O3. The number of anilines is 1. The van der Waals surface area contributed by atoms with Crippen molar-refractivity contribution in [1.29, 1.82) is 0 Å². The van der Waals surface area contributed by atoms with E-state index in [1.54, 1.807) is 12.0 Å². The predicted octanol–water partition coefficient (Wildman–Crippen LogP) is 0.870. The third-order valence-electron chi connectivity index (χ3n) is 4.50. The minimum absolute atomic E-state index is 0.0132. The van der Waals surface area contributed by atoms with Crippen LogP contribution in [0.4, 0.5) is 5.69 Å². The maximum atomic E-state index is 12.7. The highest BCUT2D eigenvalue weighted by atomic mass is 16.5. The zero-order chi connectivity index (χ0) is 16.2. The van der Waals surface area contributed by atoms with Crippen LogP contribution in [0.3, 0.4) is 0 Å². The van der Waals surface area contributed by atoms with Crippen LogP contribution in [-0.2, 0) is 9.59 Å². The summed E-state index contributed by atoms with van der Waals surface area (Å²) in [5.41, 5.74) is 0.743. The molecule has 0 aliphatic carbocycles. The molecule has 124 valence electrons. The van der Waals surface area contributed by atoms with Crippen LogP contribution in [0.5, 0.6) is 5.75 Å². The van der Waals surface area contributed by atoms with E-state index in [1.807, 2.05) is 29.2 Å². The number of amides is 2. The Bertz CT molecular complexity index is 582. The molecule has 2 amide bonds. The summed E-state index contributed by atoms with van der Waals surface area (Å²) in [5.74, 6) is 0.485. The molecule has 1 aromatic rings. The summed E-state index contributed by atoms with van der Waals surface area (Å²) in [6, 6.07) is 7.44. The van der Waals surface area contributed by atoms with E-state index in [9.17, 15) is 9.59 Å². The number of nitrogens with one attached hydrogen (secondary N) is 1. The van der Waals surface area contributed by atoms with Gasteiger partial charge in [-0.05, 0) is 25.1 Å². The maximum absolute atomic E-state index is 12.7. The number of hydrogen-bond donors (Lipinski definition) is 1. The van der Waals surface area contributed by atoms with Gasteiger partial charge in [0.15, 0.2) is 0 Å². The summed E-state index contributed by atoms with van der Waals surface area (Å²) >= 11 is 0. The molecule has 1 unspecified atom stereocenters. The second-order valence-corrected chi connectivity index (χ2v) is 6.01. The van der Waals surface area contributed by atoms with Crippen LogP contribution in [0.25, 0.3) is 0 Å². The molecule has 2 aliphatic heterocycles. The Kier molecular flexibility index (Phi) is 4.81. The lowest BCUT2D eigenvalue weighted by atomic mass is 10.1. The van der Waals surface area contributed by atoms with E-state index in [2.05, 4.69) is 5.32 Å². The van der Waals surface area contributed by atoms with Gasteiger partial charge in [-0.25, -0.2) is 0 Å². The van der Waals surface area contributed by atoms with Gasteiger partial charge in [-0.1, -0.05) is 12.1 Å². The molecule has 1 atom stereocenters. The van der Waals surface area contributed by atoms with Gasteiger partial charge in [0.1, 0.15) is 5.75 Å². The molecule has 0 saturated carbocycles. The van der Waals surface area contributed by atoms with Gasteiger partial charge in [-0.2, -0.15) is 0 Å². The number of benzene rings is 1. The fourth-order valence-corrected chi connectivity index (χ4v) is 3.28. The Morgan fingerprint density at radius 3 is 2.91 bits per heavy atom. The highest BCUT2D eigenvalue weighted by Gasteiger charge is 2.38. The Morgan fingerprint density at radius 1 is 1.26 bits per heavy atom. The van der Waals surface area contributed by atoms with Crippen molar-refractivity contribution < 1.29 is 14.3 Å². The monoisotopic (exact) mass is 317 g/mol. The van der Waals surface area contributed by atoms with Crippen LogP contribution >= 0.6 is 0 Å². The molecule has 23 heavy (non-hydrogen) atoms. The third-order valence-corrected chi connectivity index (χ3v) is 4.50. The Labute approximate surface area is 136 Å². The normalized spacial score (nSPS) is 22.1. The first-order valence-corrected chi connectivity index (χ1v) is 8.13. The molecule has 2 heterocycles. The standard InChI is InChI=1S/C17H23N3O3/c1-23-15-6-3-2-5-14(15)20-12-13(11-16(20)21)17(22)19-9-4-7-18-8-10-19/h2-3,5-6,13,18H,4,7-12H2,1H3. The van der Waals surface area contributed by atoms with Gasteiger partial charge in [-0.3, -0.25) is 9.59 Å². The molecular weight excluding hydrogens is 294 g/mol. The van der Waals surface area contributed by atoms with Crippen LogP contribution < -0.4 is 15.0 Å². The van der Waals surface area contributed by atoms with Crippen molar-refractivity contribution in [2.45, 2.75) is 12.8 Å². The third kappa shape index (κ3) is 3.32. The Morgan fingerprint density at radius 2 is 2.09 bits per heavy atom. The number of para-hydroxylation sites is 2. The van der Waals surface area contributed by atoms with E-state index in [1.165, 1.54) is 0 Å². The van der Waals surface area contributed by atoms with E-state index >= 15 is 0 Å². The summed E-state index contributed by atoms with van der Waals surface area (Å²) in [6.45, 7) is 3.69. The SMILES string of the molecule is COc1ccccc1N1CC(C(=O)N2CCCNCC2)CC1=O. The largest absolute Gasteiger partial charge is 0.495 e. The van der Waals surface area contributed by atoms with Crippen molar-refractivity contribution in [2.75, 3.05) is 44.7 Å². The van der Waals surface area contributed by atoms with Crippen LogP contribution in [0.15, 0.2) is 24.3 Å². The second kappa shape index (κ2) is 7.00. The molecule has 2 aliphatic rings. The summed E-state index contributed by atoms with van der Waals surface area (Å²) < 4.78 is 5.34. The van der Waals surface area contributed by atoms with E-state index in [-0.39, 0.29) is 24.2 Å². The van der Waals surface area contributed by atoms with Crippen molar-refractivity contribution in [3.8, 4) is 5.75 Å². The van der Waals surface area contributed by atoms with Crippen molar-refractivity contribution in [3.05, 3.63) is 24.3 Å². The highest BCUT2D eigenvalue weighted by molar-refractivity contribution is 6.01. The number of hydrogen-bond acceptors (Lipinski definition) is 4. The molecule has 0 spiro atoms. The minimum atomic E-state index is -0.259. The summed E-state index contributed by atoms with van der Waals surface area (Å²) in [6.07, 6.45) is 1.24. The first kappa shape index (κ1) is 15.8. The zero-order valence-corrected chi connectivity index (χ0v) is 13.5. The van der Waals surface area contributed by atoms with Crippen LogP contribution in [0.2, 0.25) is 0 Å². The van der Waals surface area contributed by atoms with E-state index in [0.717, 1.165) is 38.3 Å². The van der Waals surface area contributed by atoms with Gasteiger partial charge in [0.05, 0.1) is 18.7 Å². The van der Waals surface area contributed by atoms with Crippen molar-refractivity contribution in [1.82, 2.24) is 10.2 Å². The van der Waals surface area contributed by atoms with E-state index < -0.39 is 0 Å². The van der Waals surface area contributed by atoms with Crippen molar-refractivity contribution in [2.24, 2.45) is 5.92 Å². The number of carbonyl (C=O) groups is 2. The lowest BCUT2D eigenvalue weighted by molar-refractivity contribution is -0.135. The first-order valence-electron chi connectivity index (χ1n) is 8.13. The quantitative estimate of drug-likeness (QED) is 0.899. The molecule has 0 aromatic heterocycles. The predicted molar refractivity (Wildman–Crippen MR) is 87.5 cm³/mol. The average molecular weight is 317 g/mol. The van der Waals surface area contributed by atoms with Gasteiger partial charge in [-0.15, -0.1) is 0 Å². The average Bonchev–Trinajstić information content (AvgIpc) is 2.78. The molecule has 0 bridgehead atoms. The molecule has 6 heteroatoms. The lowest BCUT2D eigenvalue weighted by Crippen LogP contribution is -2.39. The Balaban J connectivity index is 1.73. The second-order valence-electron chi connectivity index (χ2n) is 6.01. The zero-order valence-electron chi connectivity index (χ0n) is 13.5. The fourth-order valence-electron chi connectivity index (χ4n) is 3.28. The number of ether oxygens (including phenoxy) is 1. The molecule has 2 saturated heterocycles. The van der Waals surface area contributed by atoms with Gasteiger partial charge in [0.25, 0.3) is 0 Å². The molecule has 6 nitrogen and oxygen atoms in total. The summed E-state index contributed by atoms with van der Waals surface area (Å²) in [5, 5.41) is 3.29. The number of methoxy groups -OCH3 is 1. The molecule has 2 fully saturated rings. The molecule has 0 radical (unpaired) electrons. The van der Waals surface area contributed by atoms with E-state index in [4.69, 9.17) is 4.74 Å². The van der Waals surface area contributed by atoms with Crippen LogP contribution in [-0.4, -0.2) is 56.5 Å². The topological polar surface area (TPSA) is 61.9 Å². The molecule has 1 aromatic carbocycles. The summed E-state index contributed by atoms with van der Waals surface area (Å²) in [7, 11) is 1.59. The Hall–Kier alpha value is -2.08.